The predicted molar refractivity (Wildman–Crippen MR) is 136 cm³/mol. The molecule has 0 saturated heterocycles. The Morgan fingerprint density at radius 2 is 1.73 bits per heavy atom. The first-order chi connectivity index (χ1) is 16.0. The van der Waals surface area contributed by atoms with Gasteiger partial charge in [0.05, 0.1) is 11.6 Å². The summed E-state index contributed by atoms with van der Waals surface area (Å²) in [5.41, 5.74) is 5.83. The number of anilines is 1. The first-order valence-corrected chi connectivity index (χ1v) is 11.3. The van der Waals surface area contributed by atoms with Gasteiger partial charge in [0, 0.05) is 22.0 Å². The van der Waals surface area contributed by atoms with E-state index in [1.165, 1.54) is 0 Å². The van der Waals surface area contributed by atoms with Crippen LogP contribution < -0.4 is 10.2 Å². The number of rotatable bonds is 4. The van der Waals surface area contributed by atoms with Crippen molar-refractivity contribution in [2.75, 3.05) is 4.90 Å². The largest absolute Gasteiger partial charge is 0.351 e. The van der Waals surface area contributed by atoms with Gasteiger partial charge in [-0.2, -0.15) is 4.98 Å². The Morgan fingerprint density at radius 1 is 0.970 bits per heavy atom. The minimum atomic E-state index is -0.224. The molecule has 1 N–H and O–H groups in total. The molecular formula is C26H21ClN4OS. The number of halogens is 1. The van der Waals surface area contributed by atoms with Crippen LogP contribution in [0.2, 0.25) is 5.02 Å². The van der Waals surface area contributed by atoms with E-state index in [0.717, 1.165) is 33.6 Å². The van der Waals surface area contributed by atoms with Crippen LogP contribution in [0.3, 0.4) is 0 Å². The zero-order valence-corrected chi connectivity index (χ0v) is 19.7. The van der Waals surface area contributed by atoms with Gasteiger partial charge in [-0.15, -0.1) is 0 Å². The summed E-state index contributed by atoms with van der Waals surface area (Å²) >= 11 is 11.8. The van der Waals surface area contributed by atoms with Crippen molar-refractivity contribution in [3.8, 4) is 11.4 Å². The molecule has 1 unspecified atom stereocenters. The van der Waals surface area contributed by atoms with Crippen LogP contribution in [0.1, 0.15) is 30.0 Å². The maximum atomic E-state index is 6.03. The SMILES string of the molecule is CC1=C(c2nc(-c3ccc(Cl)cc3)no2)C(c2ccccc2)NC(=S)N1c1cccc(C)c1. The van der Waals surface area contributed by atoms with E-state index in [1.54, 1.807) is 0 Å². The Balaban J connectivity index is 1.65. The van der Waals surface area contributed by atoms with E-state index < -0.39 is 0 Å². The van der Waals surface area contributed by atoms with E-state index in [2.05, 4.69) is 41.7 Å². The van der Waals surface area contributed by atoms with E-state index in [-0.39, 0.29) is 6.04 Å². The van der Waals surface area contributed by atoms with Crippen molar-refractivity contribution in [2.45, 2.75) is 19.9 Å². The molecule has 0 aliphatic carbocycles. The van der Waals surface area contributed by atoms with Gasteiger partial charge in [-0.25, -0.2) is 0 Å². The van der Waals surface area contributed by atoms with Crippen LogP contribution in [-0.2, 0) is 0 Å². The Bertz CT molecular complexity index is 1350. The van der Waals surface area contributed by atoms with Gasteiger partial charge < -0.3 is 9.84 Å². The first kappa shape index (κ1) is 21.4. The van der Waals surface area contributed by atoms with Crippen LogP contribution in [0.5, 0.6) is 0 Å². The lowest BCUT2D eigenvalue weighted by molar-refractivity contribution is 0.404. The molecule has 0 amide bonds. The number of allylic oxidation sites excluding steroid dienone is 1. The summed E-state index contributed by atoms with van der Waals surface area (Å²) in [4.78, 5) is 6.76. The fraction of sp³-hybridized carbons (Fsp3) is 0.115. The Morgan fingerprint density at radius 3 is 2.45 bits per heavy atom. The number of hydrogen-bond acceptors (Lipinski definition) is 4. The smallest absolute Gasteiger partial charge is 0.258 e. The van der Waals surface area contributed by atoms with Crippen LogP contribution in [-0.4, -0.2) is 15.3 Å². The highest BCUT2D eigenvalue weighted by Gasteiger charge is 2.34. The molecule has 0 radical (unpaired) electrons. The quantitative estimate of drug-likeness (QED) is 0.339. The molecular weight excluding hydrogens is 452 g/mol. The third-order valence-electron chi connectivity index (χ3n) is 5.64. The fourth-order valence-electron chi connectivity index (χ4n) is 4.04. The zero-order chi connectivity index (χ0) is 22.9. The van der Waals surface area contributed by atoms with Gasteiger partial charge in [0.15, 0.2) is 5.11 Å². The highest BCUT2D eigenvalue weighted by Crippen LogP contribution is 2.39. The third-order valence-corrected chi connectivity index (χ3v) is 6.19. The summed E-state index contributed by atoms with van der Waals surface area (Å²) in [6.45, 7) is 4.10. The molecule has 4 aromatic rings. The maximum Gasteiger partial charge on any atom is 0.258 e. The average Bonchev–Trinajstić information content (AvgIpc) is 3.29. The summed E-state index contributed by atoms with van der Waals surface area (Å²) < 4.78 is 5.79. The molecule has 3 aromatic carbocycles. The van der Waals surface area contributed by atoms with Crippen LogP contribution >= 0.6 is 23.8 Å². The highest BCUT2D eigenvalue weighted by atomic mass is 35.5. The molecule has 33 heavy (non-hydrogen) atoms. The molecule has 1 aliphatic heterocycles. The zero-order valence-electron chi connectivity index (χ0n) is 18.1. The van der Waals surface area contributed by atoms with Crippen molar-refractivity contribution in [2.24, 2.45) is 0 Å². The van der Waals surface area contributed by atoms with Gasteiger partial charge in [0.1, 0.15) is 0 Å². The molecule has 5 nitrogen and oxygen atoms in total. The van der Waals surface area contributed by atoms with Crippen LogP contribution in [0, 0.1) is 6.92 Å². The van der Waals surface area contributed by atoms with Gasteiger partial charge in [0.25, 0.3) is 5.89 Å². The lowest BCUT2D eigenvalue weighted by Crippen LogP contribution is -2.46. The number of benzene rings is 3. The van der Waals surface area contributed by atoms with E-state index in [0.29, 0.717) is 21.9 Å². The van der Waals surface area contributed by atoms with Crippen molar-refractivity contribution in [1.29, 1.82) is 0 Å². The van der Waals surface area contributed by atoms with Crippen molar-refractivity contribution in [3.05, 3.63) is 107 Å². The second-order valence-electron chi connectivity index (χ2n) is 7.90. The molecule has 2 heterocycles. The van der Waals surface area contributed by atoms with Gasteiger partial charge in [-0.1, -0.05) is 59.2 Å². The topological polar surface area (TPSA) is 54.2 Å². The molecule has 0 bridgehead atoms. The first-order valence-electron chi connectivity index (χ1n) is 10.5. The number of aromatic nitrogens is 2. The third kappa shape index (κ3) is 4.15. The molecule has 0 saturated carbocycles. The molecule has 0 spiro atoms. The average molecular weight is 473 g/mol. The molecule has 1 atom stereocenters. The molecule has 1 aliphatic rings. The number of nitrogens with one attached hydrogen (secondary N) is 1. The van der Waals surface area contributed by atoms with E-state index in [9.17, 15) is 0 Å². The van der Waals surface area contributed by atoms with Gasteiger partial charge in [-0.3, -0.25) is 4.90 Å². The van der Waals surface area contributed by atoms with Crippen molar-refractivity contribution < 1.29 is 4.52 Å². The van der Waals surface area contributed by atoms with Crippen molar-refractivity contribution in [1.82, 2.24) is 15.5 Å². The Kier molecular flexibility index (Phi) is 5.70. The molecule has 164 valence electrons. The number of hydrogen-bond donors (Lipinski definition) is 1. The summed E-state index contributed by atoms with van der Waals surface area (Å²) in [5.74, 6) is 0.947. The molecule has 7 heteroatoms. The van der Waals surface area contributed by atoms with Crippen molar-refractivity contribution >= 4 is 40.2 Å². The van der Waals surface area contributed by atoms with Crippen molar-refractivity contribution in [3.63, 3.8) is 0 Å². The van der Waals surface area contributed by atoms with Crippen LogP contribution in [0.4, 0.5) is 5.69 Å². The maximum absolute atomic E-state index is 6.03. The fourth-order valence-corrected chi connectivity index (χ4v) is 4.53. The summed E-state index contributed by atoms with van der Waals surface area (Å²) in [5, 5.41) is 9.01. The van der Waals surface area contributed by atoms with Gasteiger partial charge in [0.2, 0.25) is 5.82 Å². The van der Waals surface area contributed by atoms with E-state index in [1.807, 2.05) is 66.4 Å². The Hall–Kier alpha value is -3.48. The lowest BCUT2D eigenvalue weighted by Gasteiger charge is -2.37. The summed E-state index contributed by atoms with van der Waals surface area (Å²) in [7, 11) is 0. The molecule has 5 rings (SSSR count). The second-order valence-corrected chi connectivity index (χ2v) is 8.72. The molecule has 1 aromatic heterocycles. The lowest BCUT2D eigenvalue weighted by atomic mass is 9.94. The Labute approximate surface area is 202 Å². The number of thiocarbonyl (C=S) groups is 1. The van der Waals surface area contributed by atoms with Gasteiger partial charge in [-0.05, 0) is 73.6 Å². The summed E-state index contributed by atoms with van der Waals surface area (Å²) in [6.07, 6.45) is 0. The number of nitrogens with zero attached hydrogens (tertiary/aromatic N) is 3. The van der Waals surface area contributed by atoms with E-state index >= 15 is 0 Å². The minimum absolute atomic E-state index is 0.224. The van der Waals surface area contributed by atoms with Crippen LogP contribution in [0.25, 0.3) is 17.0 Å². The number of aryl methyl sites for hydroxylation is 1. The monoisotopic (exact) mass is 472 g/mol. The minimum Gasteiger partial charge on any atom is -0.351 e. The van der Waals surface area contributed by atoms with Crippen LogP contribution in [0.15, 0.2) is 89.1 Å². The normalized spacial score (nSPS) is 16.2. The van der Waals surface area contributed by atoms with Gasteiger partial charge >= 0.3 is 0 Å². The second kappa shape index (κ2) is 8.81. The standard InChI is InChI=1S/C26H21ClN4OS/c1-16-7-6-10-21(15-16)31-17(2)22(23(28-26(31)33)18-8-4-3-5-9-18)25-29-24(30-32-25)19-11-13-20(27)14-12-19/h3-15,23H,1-2H3,(H,28,33). The van der Waals surface area contributed by atoms with E-state index in [4.69, 9.17) is 33.3 Å². The molecule has 0 fully saturated rings. The predicted octanol–water partition coefficient (Wildman–Crippen LogP) is 6.57. The highest BCUT2D eigenvalue weighted by molar-refractivity contribution is 7.80. The summed E-state index contributed by atoms with van der Waals surface area (Å²) in [6, 6.07) is 25.5.